The van der Waals surface area contributed by atoms with Gasteiger partial charge in [0.05, 0.1) is 0 Å². The topological polar surface area (TPSA) is 12.0 Å². The SMILES string of the molecule is Cc1ccc(CNC(C)c2ccccc2)cc1.Cl. The fourth-order valence-electron chi connectivity index (χ4n) is 1.84. The standard InChI is InChI=1S/C16H19N.ClH/c1-13-8-10-15(11-9-13)12-17-14(2)16-6-4-3-5-7-16;/h3-11,14,17H,12H2,1-2H3;1H. The molecule has 0 saturated carbocycles. The predicted octanol–water partition coefficient (Wildman–Crippen LogP) is 4.27. The van der Waals surface area contributed by atoms with Crippen LogP contribution in [0.15, 0.2) is 54.6 Å². The van der Waals surface area contributed by atoms with Crippen molar-refractivity contribution in [3.8, 4) is 0 Å². The third-order valence-electron chi connectivity index (χ3n) is 3.03. The van der Waals surface area contributed by atoms with E-state index in [4.69, 9.17) is 0 Å². The summed E-state index contributed by atoms with van der Waals surface area (Å²) in [5.41, 5.74) is 3.97. The highest BCUT2D eigenvalue weighted by molar-refractivity contribution is 5.85. The monoisotopic (exact) mass is 261 g/mol. The Bertz CT molecular complexity index is 450. The van der Waals surface area contributed by atoms with Crippen LogP contribution in [0.2, 0.25) is 0 Å². The van der Waals surface area contributed by atoms with Crippen molar-refractivity contribution in [2.24, 2.45) is 0 Å². The van der Waals surface area contributed by atoms with E-state index < -0.39 is 0 Å². The molecule has 0 saturated heterocycles. The highest BCUT2D eigenvalue weighted by atomic mass is 35.5. The molecule has 0 radical (unpaired) electrons. The fourth-order valence-corrected chi connectivity index (χ4v) is 1.84. The highest BCUT2D eigenvalue weighted by Crippen LogP contribution is 2.12. The molecule has 2 heteroatoms. The third kappa shape index (κ3) is 4.17. The molecule has 96 valence electrons. The van der Waals surface area contributed by atoms with Gasteiger partial charge in [-0.25, -0.2) is 0 Å². The lowest BCUT2D eigenvalue weighted by molar-refractivity contribution is 0.574. The minimum Gasteiger partial charge on any atom is -0.306 e. The molecule has 0 bridgehead atoms. The van der Waals surface area contributed by atoms with Crippen LogP contribution in [0, 0.1) is 6.92 Å². The van der Waals surface area contributed by atoms with Gasteiger partial charge in [0.25, 0.3) is 0 Å². The summed E-state index contributed by atoms with van der Waals surface area (Å²) in [4.78, 5) is 0. The van der Waals surface area contributed by atoms with E-state index in [-0.39, 0.29) is 12.4 Å². The van der Waals surface area contributed by atoms with Crippen LogP contribution in [-0.4, -0.2) is 0 Å². The summed E-state index contributed by atoms with van der Waals surface area (Å²) in [5.74, 6) is 0. The van der Waals surface area contributed by atoms with Crippen molar-refractivity contribution in [3.05, 3.63) is 71.3 Å². The molecule has 0 aliphatic rings. The molecule has 0 aliphatic heterocycles. The van der Waals surface area contributed by atoms with Crippen LogP contribution >= 0.6 is 12.4 Å². The molecule has 1 atom stereocenters. The number of aryl methyl sites for hydroxylation is 1. The molecule has 0 aliphatic carbocycles. The minimum atomic E-state index is 0. The Labute approximate surface area is 116 Å². The van der Waals surface area contributed by atoms with Gasteiger partial charge in [0.1, 0.15) is 0 Å². The molecule has 0 spiro atoms. The summed E-state index contributed by atoms with van der Waals surface area (Å²) >= 11 is 0. The average molecular weight is 262 g/mol. The summed E-state index contributed by atoms with van der Waals surface area (Å²) in [6, 6.07) is 19.6. The molecule has 2 aromatic carbocycles. The second kappa shape index (κ2) is 7.20. The Morgan fingerprint density at radius 2 is 1.56 bits per heavy atom. The highest BCUT2D eigenvalue weighted by Gasteiger charge is 2.03. The number of halogens is 1. The quantitative estimate of drug-likeness (QED) is 0.867. The van der Waals surface area contributed by atoms with Crippen LogP contribution in [0.1, 0.15) is 29.7 Å². The van der Waals surface area contributed by atoms with E-state index in [1.54, 1.807) is 0 Å². The second-order valence-corrected chi connectivity index (χ2v) is 4.50. The predicted molar refractivity (Wildman–Crippen MR) is 80.1 cm³/mol. The molecular weight excluding hydrogens is 242 g/mol. The van der Waals surface area contributed by atoms with Crippen LogP contribution in [0.3, 0.4) is 0 Å². The zero-order valence-electron chi connectivity index (χ0n) is 10.9. The fraction of sp³-hybridized carbons (Fsp3) is 0.250. The van der Waals surface area contributed by atoms with Gasteiger partial charge in [0.2, 0.25) is 0 Å². The lowest BCUT2D eigenvalue weighted by atomic mass is 10.1. The van der Waals surface area contributed by atoms with Gasteiger partial charge in [0, 0.05) is 12.6 Å². The number of rotatable bonds is 4. The average Bonchev–Trinajstić information content (AvgIpc) is 2.39. The molecule has 0 fully saturated rings. The smallest absolute Gasteiger partial charge is 0.0294 e. The van der Waals surface area contributed by atoms with E-state index in [2.05, 4.69) is 73.8 Å². The molecule has 0 aromatic heterocycles. The summed E-state index contributed by atoms with van der Waals surface area (Å²) in [7, 11) is 0. The molecule has 0 heterocycles. The van der Waals surface area contributed by atoms with E-state index in [0.29, 0.717) is 6.04 Å². The summed E-state index contributed by atoms with van der Waals surface area (Å²) < 4.78 is 0. The van der Waals surface area contributed by atoms with Crippen molar-refractivity contribution in [3.63, 3.8) is 0 Å². The first-order valence-electron chi connectivity index (χ1n) is 6.09. The number of hydrogen-bond acceptors (Lipinski definition) is 1. The minimum absolute atomic E-state index is 0. The first kappa shape index (κ1) is 14.7. The van der Waals surface area contributed by atoms with Crippen molar-refractivity contribution in [2.45, 2.75) is 26.4 Å². The van der Waals surface area contributed by atoms with E-state index in [0.717, 1.165) is 6.54 Å². The van der Waals surface area contributed by atoms with Crippen LogP contribution in [0.4, 0.5) is 0 Å². The maximum atomic E-state index is 3.53. The van der Waals surface area contributed by atoms with Crippen LogP contribution in [0.5, 0.6) is 0 Å². The number of benzene rings is 2. The first-order valence-corrected chi connectivity index (χ1v) is 6.09. The molecule has 0 amide bonds. The van der Waals surface area contributed by atoms with Crippen molar-refractivity contribution in [2.75, 3.05) is 0 Å². The Morgan fingerprint density at radius 1 is 0.944 bits per heavy atom. The maximum absolute atomic E-state index is 3.53. The molecule has 1 nitrogen and oxygen atoms in total. The van der Waals surface area contributed by atoms with Crippen LogP contribution in [0.25, 0.3) is 0 Å². The lowest BCUT2D eigenvalue weighted by Gasteiger charge is -2.14. The second-order valence-electron chi connectivity index (χ2n) is 4.50. The van der Waals surface area contributed by atoms with E-state index in [9.17, 15) is 0 Å². The van der Waals surface area contributed by atoms with Crippen LogP contribution in [-0.2, 0) is 6.54 Å². The molecule has 2 aromatic rings. The van der Waals surface area contributed by atoms with Gasteiger partial charge in [-0.1, -0.05) is 60.2 Å². The Morgan fingerprint density at radius 3 is 2.17 bits per heavy atom. The van der Waals surface area contributed by atoms with Gasteiger partial charge in [0.15, 0.2) is 0 Å². The number of hydrogen-bond donors (Lipinski definition) is 1. The van der Waals surface area contributed by atoms with E-state index in [1.807, 2.05) is 0 Å². The van der Waals surface area contributed by atoms with Gasteiger partial charge < -0.3 is 5.32 Å². The largest absolute Gasteiger partial charge is 0.306 e. The van der Waals surface area contributed by atoms with Gasteiger partial charge in [-0.05, 0) is 25.0 Å². The zero-order valence-corrected chi connectivity index (χ0v) is 11.7. The molecule has 1 unspecified atom stereocenters. The Kier molecular flexibility index (Phi) is 5.90. The van der Waals surface area contributed by atoms with Gasteiger partial charge in [-0.3, -0.25) is 0 Å². The molecule has 2 rings (SSSR count). The summed E-state index contributed by atoms with van der Waals surface area (Å²) in [6.07, 6.45) is 0. The zero-order chi connectivity index (χ0) is 12.1. The van der Waals surface area contributed by atoms with E-state index >= 15 is 0 Å². The maximum Gasteiger partial charge on any atom is 0.0294 e. The molecule has 1 N–H and O–H groups in total. The Hall–Kier alpha value is -1.31. The normalized spacial score (nSPS) is 11.7. The van der Waals surface area contributed by atoms with Gasteiger partial charge in [-0.2, -0.15) is 0 Å². The molecule has 18 heavy (non-hydrogen) atoms. The summed E-state index contributed by atoms with van der Waals surface area (Å²) in [5, 5.41) is 3.53. The summed E-state index contributed by atoms with van der Waals surface area (Å²) in [6.45, 7) is 5.23. The Balaban J connectivity index is 0.00000162. The van der Waals surface area contributed by atoms with Crippen molar-refractivity contribution in [1.82, 2.24) is 5.32 Å². The number of nitrogens with one attached hydrogen (secondary N) is 1. The van der Waals surface area contributed by atoms with Gasteiger partial charge in [-0.15, -0.1) is 12.4 Å². The third-order valence-corrected chi connectivity index (χ3v) is 3.03. The van der Waals surface area contributed by atoms with Crippen molar-refractivity contribution < 1.29 is 0 Å². The van der Waals surface area contributed by atoms with Gasteiger partial charge >= 0.3 is 0 Å². The lowest BCUT2D eigenvalue weighted by Crippen LogP contribution is -2.17. The molecular formula is C16H20ClN. The van der Waals surface area contributed by atoms with E-state index in [1.165, 1.54) is 16.7 Å². The van der Waals surface area contributed by atoms with Crippen molar-refractivity contribution in [1.29, 1.82) is 0 Å². The first-order chi connectivity index (χ1) is 8.25. The van der Waals surface area contributed by atoms with Crippen molar-refractivity contribution >= 4 is 12.4 Å². The van der Waals surface area contributed by atoms with Crippen LogP contribution < -0.4 is 5.32 Å².